The molecule has 1 amide bonds. The lowest BCUT2D eigenvalue weighted by Gasteiger charge is -2.14. The third-order valence-corrected chi connectivity index (χ3v) is 3.17. The molecule has 1 aliphatic heterocycles. The van der Waals surface area contributed by atoms with E-state index in [9.17, 15) is 18.0 Å². The summed E-state index contributed by atoms with van der Waals surface area (Å²) in [6, 6.07) is 1.80. The summed E-state index contributed by atoms with van der Waals surface area (Å²) in [5.74, 6) is -0.621. The molecule has 0 bridgehead atoms. The Bertz CT molecular complexity index is 498. The number of hydrogen-bond acceptors (Lipinski definition) is 4. The fourth-order valence-electron chi connectivity index (χ4n) is 2.08. The summed E-state index contributed by atoms with van der Waals surface area (Å²) in [6.07, 6.45) is -3.63. The molecule has 0 radical (unpaired) electrons. The Kier molecular flexibility index (Phi) is 4.12. The summed E-state index contributed by atoms with van der Waals surface area (Å²) >= 11 is 0. The fraction of sp³-hybridized carbons (Fsp3) is 0.500. The number of nitrogens with zero attached hydrogens (tertiary/aromatic N) is 1. The van der Waals surface area contributed by atoms with Crippen LogP contribution in [0.15, 0.2) is 12.1 Å². The van der Waals surface area contributed by atoms with Gasteiger partial charge in [0.1, 0.15) is 11.5 Å². The molecule has 1 saturated heterocycles. The summed E-state index contributed by atoms with van der Waals surface area (Å²) in [5, 5.41) is 5.95. The number of carbonyl (C=O) groups excluding carboxylic acids is 1. The quantitative estimate of drug-likeness (QED) is 0.778. The lowest BCUT2D eigenvalue weighted by atomic mass is 10.1. The second-order valence-electron chi connectivity index (χ2n) is 4.69. The van der Waals surface area contributed by atoms with Gasteiger partial charge in [-0.05, 0) is 37.6 Å². The number of primary amides is 1. The van der Waals surface area contributed by atoms with Gasteiger partial charge in [-0.2, -0.15) is 13.2 Å². The van der Waals surface area contributed by atoms with Crippen LogP contribution in [0.3, 0.4) is 0 Å². The Balaban J connectivity index is 2.20. The molecule has 20 heavy (non-hydrogen) atoms. The molecule has 2 heterocycles. The predicted octanol–water partition coefficient (Wildman–Crippen LogP) is 1.22. The first-order valence-electron chi connectivity index (χ1n) is 6.20. The van der Waals surface area contributed by atoms with E-state index in [-0.39, 0.29) is 11.4 Å². The Morgan fingerprint density at radius 1 is 1.50 bits per heavy atom. The van der Waals surface area contributed by atoms with E-state index in [1.54, 1.807) is 0 Å². The van der Waals surface area contributed by atoms with Gasteiger partial charge in [0.25, 0.3) is 5.91 Å². The molecule has 2 rings (SSSR count). The normalized spacial score (nSPS) is 19.1. The minimum absolute atomic E-state index is 0.0380. The van der Waals surface area contributed by atoms with E-state index in [4.69, 9.17) is 5.73 Å². The van der Waals surface area contributed by atoms with Crippen LogP contribution in [0, 0.1) is 5.92 Å². The van der Waals surface area contributed by atoms with E-state index in [1.807, 2.05) is 0 Å². The number of nitrogens with two attached hydrogens (primary N) is 1. The Morgan fingerprint density at radius 2 is 2.25 bits per heavy atom. The smallest absolute Gasteiger partial charge is 0.369 e. The minimum Gasteiger partial charge on any atom is -0.369 e. The number of nitrogens with one attached hydrogen (secondary N) is 2. The van der Waals surface area contributed by atoms with Gasteiger partial charge < -0.3 is 16.4 Å². The molecular formula is C12H15F3N4O. The number of carbonyl (C=O) groups is 1. The maximum atomic E-state index is 12.6. The summed E-state index contributed by atoms with van der Waals surface area (Å²) in [4.78, 5) is 14.7. The van der Waals surface area contributed by atoms with Gasteiger partial charge in [0.05, 0.1) is 5.56 Å². The average molecular weight is 288 g/mol. The number of aromatic nitrogens is 1. The molecule has 1 aromatic rings. The third-order valence-electron chi connectivity index (χ3n) is 3.17. The summed E-state index contributed by atoms with van der Waals surface area (Å²) in [7, 11) is 0. The highest BCUT2D eigenvalue weighted by Gasteiger charge is 2.33. The van der Waals surface area contributed by atoms with Gasteiger partial charge in [-0.15, -0.1) is 0 Å². The molecule has 5 nitrogen and oxygen atoms in total. The van der Waals surface area contributed by atoms with Crippen molar-refractivity contribution >= 4 is 11.7 Å². The van der Waals surface area contributed by atoms with E-state index in [0.717, 1.165) is 31.6 Å². The van der Waals surface area contributed by atoms with Crippen molar-refractivity contribution in [3.05, 3.63) is 23.4 Å². The van der Waals surface area contributed by atoms with E-state index < -0.39 is 17.8 Å². The van der Waals surface area contributed by atoms with Gasteiger partial charge in [-0.3, -0.25) is 4.79 Å². The average Bonchev–Trinajstić information content (AvgIpc) is 2.87. The second-order valence-corrected chi connectivity index (χ2v) is 4.69. The van der Waals surface area contributed by atoms with Crippen LogP contribution in [0.25, 0.3) is 0 Å². The van der Waals surface area contributed by atoms with Gasteiger partial charge in [0.15, 0.2) is 0 Å². The van der Waals surface area contributed by atoms with Crippen LogP contribution in [0.4, 0.5) is 19.0 Å². The summed E-state index contributed by atoms with van der Waals surface area (Å²) in [6.45, 7) is 2.12. The summed E-state index contributed by atoms with van der Waals surface area (Å²) in [5.41, 5.74) is 4.06. The lowest BCUT2D eigenvalue weighted by molar-refractivity contribution is -0.141. The van der Waals surface area contributed by atoms with E-state index in [1.165, 1.54) is 0 Å². The number of anilines is 1. The number of rotatable bonds is 4. The van der Waals surface area contributed by atoms with Gasteiger partial charge in [-0.25, -0.2) is 4.98 Å². The lowest BCUT2D eigenvalue weighted by Crippen LogP contribution is -2.22. The maximum Gasteiger partial charge on any atom is 0.433 e. The number of pyridine rings is 1. The van der Waals surface area contributed by atoms with Crippen LogP contribution in [0.2, 0.25) is 0 Å². The minimum atomic E-state index is -4.55. The second kappa shape index (κ2) is 5.66. The largest absolute Gasteiger partial charge is 0.433 e. The first-order chi connectivity index (χ1) is 9.38. The highest BCUT2D eigenvalue weighted by molar-refractivity contribution is 5.97. The molecule has 1 fully saturated rings. The van der Waals surface area contributed by atoms with Crippen LogP contribution >= 0.6 is 0 Å². The molecule has 0 spiro atoms. The molecule has 1 aliphatic rings. The molecule has 0 aromatic carbocycles. The van der Waals surface area contributed by atoms with Crippen LogP contribution < -0.4 is 16.4 Å². The van der Waals surface area contributed by atoms with Crippen molar-refractivity contribution in [3.8, 4) is 0 Å². The van der Waals surface area contributed by atoms with Crippen molar-refractivity contribution in [3.63, 3.8) is 0 Å². The first kappa shape index (κ1) is 14.6. The molecule has 0 saturated carbocycles. The van der Waals surface area contributed by atoms with Crippen LogP contribution in [-0.4, -0.2) is 30.5 Å². The van der Waals surface area contributed by atoms with Crippen molar-refractivity contribution < 1.29 is 18.0 Å². The number of alkyl halides is 3. The molecule has 1 atom stereocenters. The fourth-order valence-corrected chi connectivity index (χ4v) is 2.08. The topological polar surface area (TPSA) is 80.0 Å². The Labute approximate surface area is 113 Å². The third kappa shape index (κ3) is 3.38. The van der Waals surface area contributed by atoms with Crippen molar-refractivity contribution in [2.75, 3.05) is 25.0 Å². The Hall–Kier alpha value is -1.83. The van der Waals surface area contributed by atoms with E-state index in [0.29, 0.717) is 12.5 Å². The van der Waals surface area contributed by atoms with Crippen LogP contribution in [-0.2, 0) is 6.18 Å². The number of halogens is 3. The SMILES string of the molecule is NC(=O)c1ccc(C(F)(F)F)nc1NCC1CCNC1. The molecule has 1 unspecified atom stereocenters. The number of hydrogen-bond donors (Lipinski definition) is 3. The zero-order valence-corrected chi connectivity index (χ0v) is 10.6. The summed E-state index contributed by atoms with van der Waals surface area (Å²) < 4.78 is 37.9. The van der Waals surface area contributed by atoms with Crippen LogP contribution in [0.5, 0.6) is 0 Å². The van der Waals surface area contributed by atoms with Crippen molar-refractivity contribution in [2.24, 2.45) is 11.7 Å². The molecular weight excluding hydrogens is 273 g/mol. The standard InChI is InChI=1S/C12H15F3N4O/c13-12(14,15)9-2-1-8(10(16)20)11(19-9)18-6-7-3-4-17-5-7/h1-2,7,17H,3-6H2,(H2,16,20)(H,18,19). The molecule has 110 valence electrons. The van der Waals surface area contributed by atoms with Gasteiger partial charge in [-0.1, -0.05) is 0 Å². The highest BCUT2D eigenvalue weighted by Crippen LogP contribution is 2.29. The zero-order chi connectivity index (χ0) is 14.8. The van der Waals surface area contributed by atoms with Gasteiger partial charge in [0, 0.05) is 6.54 Å². The monoisotopic (exact) mass is 288 g/mol. The first-order valence-corrected chi connectivity index (χ1v) is 6.20. The maximum absolute atomic E-state index is 12.6. The van der Waals surface area contributed by atoms with Gasteiger partial charge in [0.2, 0.25) is 0 Å². The molecule has 0 aliphatic carbocycles. The zero-order valence-electron chi connectivity index (χ0n) is 10.6. The highest BCUT2D eigenvalue weighted by atomic mass is 19.4. The van der Waals surface area contributed by atoms with Crippen molar-refractivity contribution in [1.29, 1.82) is 0 Å². The van der Waals surface area contributed by atoms with Gasteiger partial charge >= 0.3 is 6.18 Å². The molecule has 8 heteroatoms. The molecule has 1 aromatic heterocycles. The van der Waals surface area contributed by atoms with E-state index >= 15 is 0 Å². The predicted molar refractivity (Wildman–Crippen MR) is 67.2 cm³/mol. The van der Waals surface area contributed by atoms with E-state index in [2.05, 4.69) is 15.6 Å². The molecule has 4 N–H and O–H groups in total. The number of amides is 1. The van der Waals surface area contributed by atoms with Crippen molar-refractivity contribution in [2.45, 2.75) is 12.6 Å². The van der Waals surface area contributed by atoms with Crippen molar-refractivity contribution in [1.82, 2.24) is 10.3 Å². The Morgan fingerprint density at radius 3 is 2.80 bits per heavy atom. The van der Waals surface area contributed by atoms with Crippen LogP contribution in [0.1, 0.15) is 22.5 Å².